The first kappa shape index (κ1) is 20.0. The van der Waals surface area contributed by atoms with Crippen LogP contribution in [0.2, 0.25) is 0 Å². The second-order valence-electron chi connectivity index (χ2n) is 7.54. The molecule has 3 aromatic rings. The van der Waals surface area contributed by atoms with Crippen LogP contribution in [-0.4, -0.2) is 44.9 Å². The van der Waals surface area contributed by atoms with Crippen LogP contribution in [0.3, 0.4) is 0 Å². The van der Waals surface area contributed by atoms with E-state index in [2.05, 4.69) is 20.4 Å². The van der Waals surface area contributed by atoms with E-state index in [1.165, 1.54) is 6.20 Å². The van der Waals surface area contributed by atoms with Gasteiger partial charge in [-0.25, -0.2) is 9.67 Å². The van der Waals surface area contributed by atoms with Gasteiger partial charge in [-0.2, -0.15) is 0 Å². The van der Waals surface area contributed by atoms with E-state index in [0.29, 0.717) is 23.5 Å². The molecule has 4 heterocycles. The maximum atomic E-state index is 12.5. The van der Waals surface area contributed by atoms with E-state index in [1.54, 1.807) is 23.0 Å². The van der Waals surface area contributed by atoms with Crippen molar-refractivity contribution in [2.24, 2.45) is 0 Å². The molecule has 30 heavy (non-hydrogen) atoms. The Bertz CT molecular complexity index is 1090. The zero-order valence-electron chi connectivity index (χ0n) is 17.1. The Hall–Kier alpha value is -3.26. The van der Waals surface area contributed by atoms with Gasteiger partial charge in [-0.05, 0) is 51.3 Å². The fourth-order valence-corrected chi connectivity index (χ4v) is 3.62. The van der Waals surface area contributed by atoms with Crippen molar-refractivity contribution >= 4 is 5.91 Å². The van der Waals surface area contributed by atoms with Crippen LogP contribution in [0.5, 0.6) is 0 Å². The number of aromatic nitrogens is 4. The number of aromatic amines is 1. The van der Waals surface area contributed by atoms with Gasteiger partial charge in [0.2, 0.25) is 0 Å². The average molecular weight is 407 g/mol. The Balaban J connectivity index is 1.47. The molecule has 1 atom stereocenters. The third-order valence-corrected chi connectivity index (χ3v) is 5.26. The van der Waals surface area contributed by atoms with Crippen LogP contribution in [0.1, 0.15) is 41.0 Å². The summed E-state index contributed by atoms with van der Waals surface area (Å²) < 4.78 is 7.18. The van der Waals surface area contributed by atoms with Gasteiger partial charge in [0.1, 0.15) is 0 Å². The molecule has 0 aromatic carbocycles. The number of rotatable bonds is 5. The molecule has 0 saturated carbocycles. The van der Waals surface area contributed by atoms with Gasteiger partial charge in [-0.1, -0.05) is 6.07 Å². The second kappa shape index (κ2) is 8.62. The molecule has 0 bridgehead atoms. The minimum atomic E-state index is -0.222. The molecule has 2 N–H and O–H groups in total. The van der Waals surface area contributed by atoms with Crippen LogP contribution >= 0.6 is 0 Å². The molecule has 1 saturated heterocycles. The third-order valence-electron chi connectivity index (χ3n) is 5.26. The molecular weight excluding hydrogens is 382 g/mol. The number of hydrogen-bond donors (Lipinski definition) is 2. The van der Waals surface area contributed by atoms with Gasteiger partial charge in [0.25, 0.3) is 11.5 Å². The quantitative estimate of drug-likeness (QED) is 0.677. The van der Waals surface area contributed by atoms with Gasteiger partial charge in [0.15, 0.2) is 5.82 Å². The Morgan fingerprint density at radius 1 is 1.23 bits per heavy atom. The van der Waals surface area contributed by atoms with Crippen LogP contribution in [-0.2, 0) is 4.74 Å². The summed E-state index contributed by atoms with van der Waals surface area (Å²) in [7, 11) is 0. The van der Waals surface area contributed by atoms with Crippen molar-refractivity contribution in [1.29, 1.82) is 0 Å². The molecule has 0 aliphatic carbocycles. The molecule has 0 radical (unpaired) electrons. The summed E-state index contributed by atoms with van der Waals surface area (Å²) in [4.78, 5) is 33.6. The molecular formula is C22H25N5O3. The molecule has 4 rings (SSSR count). The van der Waals surface area contributed by atoms with Crippen molar-refractivity contribution in [3.05, 3.63) is 64.0 Å². The van der Waals surface area contributed by atoms with E-state index in [4.69, 9.17) is 4.74 Å². The standard InChI is InChI=1S/C22H25N5O3/c1-14-6-8-18(15(2)25-14)19-13-27(26-22(19)29)20-9-7-16(11-23-20)21(28)24-12-17-5-3-4-10-30-17/h6-9,11,13,17H,3-5,10,12H2,1-2H3,(H,24,28)(H,26,29). The van der Waals surface area contributed by atoms with Gasteiger partial charge in [0, 0.05) is 42.5 Å². The highest BCUT2D eigenvalue weighted by Crippen LogP contribution is 2.20. The smallest absolute Gasteiger partial charge is 0.272 e. The van der Waals surface area contributed by atoms with Crippen LogP contribution < -0.4 is 10.9 Å². The zero-order chi connectivity index (χ0) is 21.1. The summed E-state index contributed by atoms with van der Waals surface area (Å²) in [6.45, 7) is 5.05. The third kappa shape index (κ3) is 4.33. The van der Waals surface area contributed by atoms with Gasteiger partial charge in [-0.15, -0.1) is 0 Å². The van der Waals surface area contributed by atoms with Gasteiger partial charge >= 0.3 is 0 Å². The lowest BCUT2D eigenvalue weighted by atomic mass is 10.1. The highest BCUT2D eigenvalue weighted by atomic mass is 16.5. The summed E-state index contributed by atoms with van der Waals surface area (Å²) in [5.74, 6) is 0.328. The highest BCUT2D eigenvalue weighted by Gasteiger charge is 2.16. The SMILES string of the molecule is Cc1ccc(-c2cn(-c3ccc(C(=O)NCC4CCCCO4)cn3)[nH]c2=O)c(C)n1. The number of carbonyl (C=O) groups excluding carboxylic acids is 1. The minimum Gasteiger partial charge on any atom is -0.376 e. The van der Waals surface area contributed by atoms with Crippen molar-refractivity contribution in [3.63, 3.8) is 0 Å². The van der Waals surface area contributed by atoms with E-state index in [0.717, 1.165) is 42.8 Å². The van der Waals surface area contributed by atoms with E-state index in [-0.39, 0.29) is 17.6 Å². The van der Waals surface area contributed by atoms with E-state index in [9.17, 15) is 9.59 Å². The van der Waals surface area contributed by atoms with Gasteiger partial charge in [-0.3, -0.25) is 19.7 Å². The van der Waals surface area contributed by atoms with Gasteiger partial charge < -0.3 is 10.1 Å². The lowest BCUT2D eigenvalue weighted by Crippen LogP contribution is -2.35. The fraction of sp³-hybridized carbons (Fsp3) is 0.364. The first-order chi connectivity index (χ1) is 14.5. The molecule has 1 unspecified atom stereocenters. The number of ether oxygens (including phenoxy) is 1. The van der Waals surface area contributed by atoms with E-state index >= 15 is 0 Å². The number of pyridine rings is 2. The highest BCUT2D eigenvalue weighted by molar-refractivity contribution is 5.93. The number of amides is 1. The first-order valence-corrected chi connectivity index (χ1v) is 10.1. The van der Waals surface area contributed by atoms with E-state index < -0.39 is 0 Å². The van der Waals surface area contributed by atoms with Crippen LogP contribution in [0.25, 0.3) is 16.9 Å². The summed E-state index contributed by atoms with van der Waals surface area (Å²) >= 11 is 0. The molecule has 1 aliphatic heterocycles. The topological polar surface area (TPSA) is 102 Å². The van der Waals surface area contributed by atoms with Crippen LogP contribution in [0, 0.1) is 13.8 Å². The number of H-pyrrole nitrogens is 1. The van der Waals surface area contributed by atoms with Crippen molar-refractivity contribution in [2.45, 2.75) is 39.2 Å². The number of hydrogen-bond acceptors (Lipinski definition) is 5. The van der Waals surface area contributed by atoms with Crippen molar-refractivity contribution in [3.8, 4) is 16.9 Å². The van der Waals surface area contributed by atoms with Crippen LogP contribution in [0.15, 0.2) is 41.5 Å². The normalized spacial score (nSPS) is 16.4. The average Bonchev–Trinajstić information content (AvgIpc) is 3.14. The lowest BCUT2D eigenvalue weighted by molar-refractivity contribution is 0.0169. The van der Waals surface area contributed by atoms with Gasteiger partial charge in [0.05, 0.1) is 17.2 Å². The summed E-state index contributed by atoms with van der Waals surface area (Å²) in [5, 5.41) is 5.67. The molecule has 1 aliphatic rings. The second-order valence-corrected chi connectivity index (χ2v) is 7.54. The predicted octanol–water partition coefficient (Wildman–Crippen LogP) is 2.54. The van der Waals surface area contributed by atoms with Crippen LogP contribution in [0.4, 0.5) is 0 Å². The number of aryl methyl sites for hydroxylation is 2. The fourth-order valence-electron chi connectivity index (χ4n) is 3.62. The van der Waals surface area contributed by atoms with Crippen molar-refractivity contribution in [2.75, 3.05) is 13.2 Å². The Morgan fingerprint density at radius 3 is 2.80 bits per heavy atom. The Labute approximate surface area is 174 Å². The predicted molar refractivity (Wildman–Crippen MR) is 113 cm³/mol. The number of nitrogens with zero attached hydrogens (tertiary/aromatic N) is 3. The molecule has 8 heteroatoms. The monoisotopic (exact) mass is 407 g/mol. The molecule has 1 amide bonds. The number of nitrogens with one attached hydrogen (secondary N) is 2. The summed E-state index contributed by atoms with van der Waals surface area (Å²) in [5.41, 5.74) is 3.23. The van der Waals surface area contributed by atoms with Crippen molar-refractivity contribution < 1.29 is 9.53 Å². The molecule has 156 valence electrons. The largest absolute Gasteiger partial charge is 0.376 e. The lowest BCUT2D eigenvalue weighted by Gasteiger charge is -2.22. The molecule has 0 spiro atoms. The molecule has 3 aromatic heterocycles. The summed E-state index contributed by atoms with van der Waals surface area (Å²) in [6, 6.07) is 7.16. The zero-order valence-corrected chi connectivity index (χ0v) is 17.1. The van der Waals surface area contributed by atoms with Crippen molar-refractivity contribution in [1.82, 2.24) is 25.1 Å². The number of carbonyl (C=O) groups is 1. The molecule has 8 nitrogen and oxygen atoms in total. The Kier molecular flexibility index (Phi) is 5.76. The Morgan fingerprint density at radius 2 is 2.10 bits per heavy atom. The minimum absolute atomic E-state index is 0.0815. The van der Waals surface area contributed by atoms with E-state index in [1.807, 2.05) is 26.0 Å². The molecule has 1 fully saturated rings. The first-order valence-electron chi connectivity index (χ1n) is 10.1. The maximum absolute atomic E-state index is 12.5. The summed E-state index contributed by atoms with van der Waals surface area (Å²) in [6.07, 6.45) is 6.47. The maximum Gasteiger partial charge on any atom is 0.272 e.